The van der Waals surface area contributed by atoms with Crippen LogP contribution in [0.1, 0.15) is 0 Å². The van der Waals surface area contributed by atoms with Crippen LogP contribution in [0.3, 0.4) is 0 Å². The van der Waals surface area contributed by atoms with E-state index in [4.69, 9.17) is 0 Å². The van der Waals surface area contributed by atoms with Crippen molar-refractivity contribution in [3.63, 3.8) is 0 Å². The highest BCUT2D eigenvalue weighted by Crippen LogP contribution is 2.47. The van der Waals surface area contributed by atoms with Gasteiger partial charge in [0.2, 0.25) is 0 Å². The van der Waals surface area contributed by atoms with E-state index in [1.54, 1.807) is 0 Å². The van der Waals surface area contributed by atoms with Gasteiger partial charge in [-0.15, -0.1) is 0 Å². The van der Waals surface area contributed by atoms with Crippen molar-refractivity contribution in [2.24, 2.45) is 0 Å². The Morgan fingerprint density at radius 1 is 0.321 bits per heavy atom. The zero-order valence-corrected chi connectivity index (χ0v) is 30.4. The number of nitrogens with zero attached hydrogens (tertiary/aromatic N) is 4. The van der Waals surface area contributed by atoms with Crippen LogP contribution in [0.15, 0.2) is 207 Å². The molecule has 0 saturated carbocycles. The van der Waals surface area contributed by atoms with Crippen LogP contribution in [0.5, 0.6) is 0 Å². The quantitative estimate of drug-likeness (QED) is 0.172. The first-order valence-electron chi connectivity index (χ1n) is 19.0. The summed E-state index contributed by atoms with van der Waals surface area (Å²) in [6.07, 6.45) is 7.51. The Hall–Kier alpha value is -7.56. The second-order valence-electron chi connectivity index (χ2n) is 14.3. The molecule has 11 rings (SSSR count). The lowest BCUT2D eigenvalue weighted by atomic mass is 9.92. The molecule has 0 spiro atoms. The molecule has 11 aromatic rings. The molecule has 0 saturated heterocycles. The lowest BCUT2D eigenvalue weighted by Gasteiger charge is -2.15. The molecule has 4 heterocycles. The molecule has 56 heavy (non-hydrogen) atoms. The SMILES string of the molecule is c1ccc(-n2c3ccccc3c3c2c(-c2cccc(-c4cc(-c5cccnc5)cc(-c5cccnc5)c4)c2)cc2c4ccccc4n(-c4ccccc4)c23)cc1. The standard InChI is InChI=1S/C52H34N4/c1-3-18-42(19-4-1)55-48-24-9-7-22-44(48)47-32-46(51-50(52(47)55)45-23-8-10-25-49(45)56(51)43-20-5-2-6-21-43)36-15-11-14-35(28-36)39-29-40(37-16-12-26-53-33-37)31-41(30-39)38-17-13-27-54-34-38/h1-34H. The predicted molar refractivity (Wildman–Crippen MR) is 232 cm³/mol. The molecule has 0 amide bonds. The molecule has 0 fully saturated rings. The average Bonchev–Trinajstić information content (AvgIpc) is 3.80. The van der Waals surface area contributed by atoms with Gasteiger partial charge in [-0.3, -0.25) is 9.97 Å². The molecule has 4 aromatic heterocycles. The first-order valence-corrected chi connectivity index (χ1v) is 19.0. The highest BCUT2D eigenvalue weighted by Gasteiger charge is 2.24. The van der Waals surface area contributed by atoms with Gasteiger partial charge in [0.15, 0.2) is 0 Å². The number of aromatic nitrogens is 4. The second-order valence-corrected chi connectivity index (χ2v) is 14.3. The number of hydrogen-bond acceptors (Lipinski definition) is 2. The zero-order valence-electron chi connectivity index (χ0n) is 30.4. The summed E-state index contributed by atoms with van der Waals surface area (Å²) in [7, 11) is 0. The molecule has 4 heteroatoms. The van der Waals surface area contributed by atoms with E-state index in [2.05, 4.69) is 189 Å². The lowest BCUT2D eigenvalue weighted by molar-refractivity contribution is 1.17. The normalized spacial score (nSPS) is 11.6. The minimum Gasteiger partial charge on any atom is -0.309 e. The molecular formula is C52H34N4. The van der Waals surface area contributed by atoms with Crippen molar-refractivity contribution in [1.29, 1.82) is 0 Å². The van der Waals surface area contributed by atoms with Crippen molar-refractivity contribution < 1.29 is 0 Å². The number of hydrogen-bond donors (Lipinski definition) is 0. The zero-order chi connectivity index (χ0) is 37.0. The number of para-hydroxylation sites is 4. The number of rotatable bonds is 6. The van der Waals surface area contributed by atoms with Crippen LogP contribution in [0.2, 0.25) is 0 Å². The highest BCUT2D eigenvalue weighted by molar-refractivity contribution is 6.29. The number of pyridine rings is 2. The van der Waals surface area contributed by atoms with Crippen molar-refractivity contribution >= 4 is 43.6 Å². The van der Waals surface area contributed by atoms with Crippen molar-refractivity contribution in [3.05, 3.63) is 207 Å². The van der Waals surface area contributed by atoms with Crippen LogP contribution in [0.25, 0.3) is 99.5 Å². The summed E-state index contributed by atoms with van der Waals surface area (Å²) in [6, 6.07) is 65.7. The molecule has 0 aliphatic heterocycles. The van der Waals surface area contributed by atoms with Gasteiger partial charge in [-0.1, -0.05) is 103 Å². The fraction of sp³-hybridized carbons (Fsp3) is 0. The molecule has 262 valence electrons. The Labute approximate surface area is 324 Å². The largest absolute Gasteiger partial charge is 0.309 e. The predicted octanol–water partition coefficient (Wildman–Crippen LogP) is 13.3. The Balaban J connectivity index is 1.24. The van der Waals surface area contributed by atoms with Gasteiger partial charge in [-0.05, 0) is 107 Å². The molecule has 0 unspecified atom stereocenters. The van der Waals surface area contributed by atoms with Crippen LogP contribution in [-0.2, 0) is 0 Å². The number of benzene rings is 7. The van der Waals surface area contributed by atoms with E-state index < -0.39 is 0 Å². The number of fused-ring (bicyclic) bond motifs is 7. The van der Waals surface area contributed by atoms with Crippen molar-refractivity contribution in [1.82, 2.24) is 19.1 Å². The van der Waals surface area contributed by atoms with Crippen molar-refractivity contribution in [2.75, 3.05) is 0 Å². The first-order chi connectivity index (χ1) is 27.8. The van der Waals surface area contributed by atoms with E-state index in [1.165, 1.54) is 49.2 Å². The van der Waals surface area contributed by atoms with Gasteiger partial charge in [0.1, 0.15) is 0 Å². The molecule has 0 atom stereocenters. The summed E-state index contributed by atoms with van der Waals surface area (Å²) in [5.41, 5.74) is 16.0. The summed E-state index contributed by atoms with van der Waals surface area (Å²) in [5.74, 6) is 0. The van der Waals surface area contributed by atoms with Crippen LogP contribution in [0, 0.1) is 0 Å². The maximum atomic E-state index is 4.45. The Bertz CT molecular complexity index is 3160. The minimum absolute atomic E-state index is 1.07. The second kappa shape index (κ2) is 13.1. The van der Waals surface area contributed by atoms with E-state index in [-0.39, 0.29) is 0 Å². The van der Waals surface area contributed by atoms with Gasteiger partial charge in [0.25, 0.3) is 0 Å². The third-order valence-corrected chi connectivity index (χ3v) is 11.0. The third kappa shape index (κ3) is 5.15. The smallest absolute Gasteiger partial charge is 0.0641 e. The van der Waals surface area contributed by atoms with Crippen LogP contribution in [-0.4, -0.2) is 19.1 Å². The van der Waals surface area contributed by atoms with E-state index in [0.717, 1.165) is 50.3 Å². The van der Waals surface area contributed by atoms with E-state index in [9.17, 15) is 0 Å². The summed E-state index contributed by atoms with van der Waals surface area (Å²) in [4.78, 5) is 8.90. The van der Waals surface area contributed by atoms with Crippen molar-refractivity contribution in [2.45, 2.75) is 0 Å². The van der Waals surface area contributed by atoms with Gasteiger partial charge in [-0.2, -0.15) is 0 Å². The van der Waals surface area contributed by atoms with Gasteiger partial charge in [0.05, 0.1) is 22.1 Å². The van der Waals surface area contributed by atoms with E-state index >= 15 is 0 Å². The van der Waals surface area contributed by atoms with Crippen LogP contribution < -0.4 is 0 Å². The van der Waals surface area contributed by atoms with Gasteiger partial charge < -0.3 is 9.13 Å². The molecule has 0 bridgehead atoms. The summed E-state index contributed by atoms with van der Waals surface area (Å²) < 4.78 is 4.92. The molecule has 0 aliphatic rings. The molecule has 0 radical (unpaired) electrons. The lowest BCUT2D eigenvalue weighted by Crippen LogP contribution is -1.97. The fourth-order valence-electron chi connectivity index (χ4n) is 8.58. The van der Waals surface area contributed by atoms with Gasteiger partial charge >= 0.3 is 0 Å². The maximum absolute atomic E-state index is 4.45. The third-order valence-electron chi connectivity index (χ3n) is 11.0. The first kappa shape index (κ1) is 31.9. The molecule has 7 aromatic carbocycles. The molecule has 4 nitrogen and oxygen atoms in total. The Morgan fingerprint density at radius 2 is 0.804 bits per heavy atom. The summed E-state index contributed by atoms with van der Waals surface area (Å²) in [6.45, 7) is 0. The monoisotopic (exact) mass is 714 g/mol. The highest BCUT2D eigenvalue weighted by atomic mass is 15.0. The minimum atomic E-state index is 1.07. The maximum Gasteiger partial charge on any atom is 0.0641 e. The summed E-state index contributed by atoms with van der Waals surface area (Å²) in [5, 5.41) is 4.91. The average molecular weight is 715 g/mol. The summed E-state index contributed by atoms with van der Waals surface area (Å²) >= 11 is 0. The molecule has 0 aliphatic carbocycles. The van der Waals surface area contributed by atoms with Crippen molar-refractivity contribution in [3.8, 4) is 55.9 Å². The molecular weight excluding hydrogens is 681 g/mol. The van der Waals surface area contributed by atoms with Gasteiger partial charge in [0, 0.05) is 74.4 Å². The van der Waals surface area contributed by atoms with Crippen LogP contribution >= 0.6 is 0 Å². The van der Waals surface area contributed by atoms with E-state index in [0.29, 0.717) is 0 Å². The van der Waals surface area contributed by atoms with Gasteiger partial charge in [-0.25, -0.2) is 0 Å². The van der Waals surface area contributed by atoms with E-state index in [1.807, 2.05) is 36.9 Å². The fourth-order valence-corrected chi connectivity index (χ4v) is 8.58. The Kier molecular flexibility index (Phi) is 7.46. The topological polar surface area (TPSA) is 35.6 Å². The Morgan fingerprint density at radius 3 is 1.41 bits per heavy atom. The van der Waals surface area contributed by atoms with Crippen LogP contribution in [0.4, 0.5) is 0 Å². The molecule has 0 N–H and O–H groups in total.